The Morgan fingerprint density at radius 1 is 1.03 bits per heavy atom. The van der Waals surface area contributed by atoms with E-state index in [1.54, 1.807) is 11.8 Å². The van der Waals surface area contributed by atoms with E-state index < -0.39 is 11.7 Å². The van der Waals surface area contributed by atoms with E-state index in [0.717, 1.165) is 41.5 Å². The van der Waals surface area contributed by atoms with Crippen molar-refractivity contribution in [2.45, 2.75) is 63.3 Å². The summed E-state index contributed by atoms with van der Waals surface area (Å²) in [6, 6.07) is 15.0. The minimum atomic E-state index is -4.39. The molecule has 34 heavy (non-hydrogen) atoms. The quantitative estimate of drug-likeness (QED) is 0.466. The number of carbonyl (C=O) groups excluding carboxylic acids is 1. The van der Waals surface area contributed by atoms with Gasteiger partial charge < -0.3 is 10.2 Å². The molecule has 4 rings (SSSR count). The van der Waals surface area contributed by atoms with Gasteiger partial charge in [-0.2, -0.15) is 13.2 Å². The van der Waals surface area contributed by atoms with Crippen LogP contribution in [0.2, 0.25) is 0 Å². The van der Waals surface area contributed by atoms with E-state index in [9.17, 15) is 18.0 Å². The zero-order chi connectivity index (χ0) is 23.3. The molecule has 1 atom stereocenters. The third-order valence-electron chi connectivity index (χ3n) is 6.07. The van der Waals surface area contributed by atoms with Crippen molar-refractivity contribution in [1.29, 1.82) is 0 Å². The number of amidine groups is 1. The fraction of sp³-hybridized carbons (Fsp3) is 0.440. The molecule has 9 heteroatoms. The summed E-state index contributed by atoms with van der Waals surface area (Å²) >= 11 is 1.70. The normalized spacial score (nSPS) is 20.3. The molecule has 1 unspecified atom stereocenters. The van der Waals surface area contributed by atoms with Gasteiger partial charge in [0.25, 0.3) is 0 Å². The van der Waals surface area contributed by atoms with Gasteiger partial charge in [0.1, 0.15) is 0 Å². The van der Waals surface area contributed by atoms with Crippen LogP contribution in [0, 0.1) is 0 Å². The van der Waals surface area contributed by atoms with E-state index in [1.165, 1.54) is 31.4 Å². The van der Waals surface area contributed by atoms with Crippen molar-refractivity contribution >= 4 is 40.9 Å². The van der Waals surface area contributed by atoms with E-state index in [0.29, 0.717) is 18.3 Å². The van der Waals surface area contributed by atoms with Gasteiger partial charge in [-0.05, 0) is 42.7 Å². The maximum atomic E-state index is 12.8. The molecule has 0 aromatic heterocycles. The third kappa shape index (κ3) is 7.15. The highest BCUT2D eigenvalue weighted by atomic mass is 35.5. The van der Waals surface area contributed by atoms with Crippen LogP contribution in [0.15, 0.2) is 59.6 Å². The van der Waals surface area contributed by atoms with Gasteiger partial charge in [-0.1, -0.05) is 61.4 Å². The summed E-state index contributed by atoms with van der Waals surface area (Å²) in [6.07, 6.45) is 1.78. The highest BCUT2D eigenvalue weighted by Gasteiger charge is 2.33. The molecule has 184 valence electrons. The molecule has 1 aliphatic carbocycles. The van der Waals surface area contributed by atoms with Crippen LogP contribution in [0.4, 0.5) is 18.9 Å². The number of hydrogen-bond donors (Lipinski definition) is 1. The Morgan fingerprint density at radius 2 is 1.71 bits per heavy atom. The lowest BCUT2D eigenvalue weighted by Gasteiger charge is -2.27. The van der Waals surface area contributed by atoms with Gasteiger partial charge in [-0.3, -0.25) is 9.79 Å². The van der Waals surface area contributed by atoms with E-state index in [2.05, 4.69) is 22.3 Å². The molecule has 1 amide bonds. The molecule has 1 saturated carbocycles. The monoisotopic (exact) mass is 511 g/mol. The van der Waals surface area contributed by atoms with Crippen LogP contribution in [-0.4, -0.2) is 33.8 Å². The second-order valence-electron chi connectivity index (χ2n) is 8.61. The topological polar surface area (TPSA) is 44.7 Å². The van der Waals surface area contributed by atoms with Crippen molar-refractivity contribution in [2.24, 2.45) is 4.99 Å². The standard InChI is InChI=1S/C25H28F3N3OS.ClH/c26-25(27,28)19-11-13-21(14-12-19)29-23(32)15-22-17-33-24(30-20-9-5-2-6-10-20)31(22)16-18-7-3-1-4-8-18;/h1,3-4,7-8,11-14,20,22H,2,5-6,9-10,15-17H2,(H,29,32);1H/b30-24-;. The van der Waals surface area contributed by atoms with Crippen LogP contribution in [0.3, 0.4) is 0 Å². The van der Waals surface area contributed by atoms with Gasteiger partial charge in [0.05, 0.1) is 11.6 Å². The number of amides is 1. The summed E-state index contributed by atoms with van der Waals surface area (Å²) < 4.78 is 38.3. The molecule has 2 aliphatic rings. The zero-order valence-electron chi connectivity index (χ0n) is 18.8. The molecule has 1 saturated heterocycles. The third-order valence-corrected chi connectivity index (χ3v) is 7.22. The molecule has 4 nitrogen and oxygen atoms in total. The first-order chi connectivity index (χ1) is 15.9. The van der Waals surface area contributed by atoms with Gasteiger partial charge in [-0.15, -0.1) is 12.4 Å². The molecule has 2 aromatic carbocycles. The van der Waals surface area contributed by atoms with Gasteiger partial charge >= 0.3 is 6.18 Å². The lowest BCUT2D eigenvalue weighted by molar-refractivity contribution is -0.137. The zero-order valence-corrected chi connectivity index (χ0v) is 20.4. The predicted octanol–water partition coefficient (Wildman–Crippen LogP) is 6.76. The first-order valence-corrected chi connectivity index (χ1v) is 12.4. The Bertz CT molecular complexity index is 964. The average molecular weight is 512 g/mol. The summed E-state index contributed by atoms with van der Waals surface area (Å²) in [4.78, 5) is 20.0. The maximum Gasteiger partial charge on any atom is 0.416 e. The summed E-state index contributed by atoms with van der Waals surface area (Å²) in [6.45, 7) is 0.678. The summed E-state index contributed by atoms with van der Waals surface area (Å²) in [5, 5.41) is 3.74. The predicted molar refractivity (Wildman–Crippen MR) is 134 cm³/mol. The Labute approximate surface area is 208 Å². The number of alkyl halides is 3. The molecule has 1 aliphatic heterocycles. The fourth-order valence-corrected chi connectivity index (χ4v) is 5.53. The lowest BCUT2D eigenvalue weighted by atomic mass is 9.96. The number of thioether (sulfide) groups is 1. The molecule has 2 aromatic rings. The number of hydrogen-bond acceptors (Lipinski definition) is 3. The highest BCUT2D eigenvalue weighted by Crippen LogP contribution is 2.32. The first-order valence-electron chi connectivity index (χ1n) is 11.4. The smallest absolute Gasteiger partial charge is 0.343 e. The van der Waals surface area contributed by atoms with Gasteiger partial charge in [0.2, 0.25) is 5.91 Å². The lowest BCUT2D eigenvalue weighted by Crippen LogP contribution is -2.37. The minimum absolute atomic E-state index is 0. The summed E-state index contributed by atoms with van der Waals surface area (Å²) in [5.74, 6) is 0.552. The molecule has 2 fully saturated rings. The van der Waals surface area contributed by atoms with Crippen LogP contribution >= 0.6 is 24.2 Å². The van der Waals surface area contributed by atoms with E-state index in [-0.39, 0.29) is 30.8 Å². The second-order valence-corrected chi connectivity index (χ2v) is 9.60. The number of nitrogens with one attached hydrogen (secondary N) is 1. The van der Waals surface area contributed by atoms with Crippen LogP contribution < -0.4 is 5.32 Å². The SMILES string of the molecule is Cl.O=C(CC1CS/C(=N\C2CCCCC2)N1Cc1ccccc1)Nc1ccc(C(F)(F)F)cc1. The van der Waals surface area contributed by atoms with Crippen LogP contribution in [0.5, 0.6) is 0 Å². The molecule has 1 N–H and O–H groups in total. The van der Waals surface area contributed by atoms with Gasteiger partial charge in [-0.25, -0.2) is 0 Å². The first kappa shape index (κ1) is 26.4. The second kappa shape index (κ2) is 12.0. The Kier molecular flexibility index (Phi) is 9.31. The van der Waals surface area contributed by atoms with Crippen molar-refractivity contribution in [3.63, 3.8) is 0 Å². The largest absolute Gasteiger partial charge is 0.416 e. The highest BCUT2D eigenvalue weighted by molar-refractivity contribution is 8.14. The van der Waals surface area contributed by atoms with E-state index in [4.69, 9.17) is 4.99 Å². The number of carbonyl (C=O) groups is 1. The molecule has 1 heterocycles. The van der Waals surface area contributed by atoms with Crippen molar-refractivity contribution in [2.75, 3.05) is 11.1 Å². The van der Waals surface area contributed by atoms with Crippen molar-refractivity contribution < 1.29 is 18.0 Å². The fourth-order valence-electron chi connectivity index (χ4n) is 4.29. The van der Waals surface area contributed by atoms with Gasteiger partial charge in [0.15, 0.2) is 5.17 Å². The Hall–Kier alpha value is -2.19. The van der Waals surface area contributed by atoms with Crippen LogP contribution in [0.1, 0.15) is 49.7 Å². The Balaban J connectivity index is 0.00000324. The molecular weight excluding hydrogens is 483 g/mol. The molecule has 0 bridgehead atoms. The maximum absolute atomic E-state index is 12.8. The number of aliphatic imine (C=N–C) groups is 1. The minimum Gasteiger partial charge on any atom is -0.343 e. The van der Waals surface area contributed by atoms with E-state index >= 15 is 0 Å². The number of rotatable bonds is 6. The summed E-state index contributed by atoms with van der Waals surface area (Å²) in [7, 11) is 0. The van der Waals surface area contributed by atoms with E-state index in [1.807, 2.05) is 18.2 Å². The van der Waals surface area contributed by atoms with Crippen LogP contribution in [-0.2, 0) is 17.5 Å². The molecule has 0 radical (unpaired) electrons. The van der Waals surface area contributed by atoms with Crippen molar-refractivity contribution in [3.05, 3.63) is 65.7 Å². The molecular formula is C25H29ClF3N3OS. The number of halogens is 4. The number of anilines is 1. The number of benzene rings is 2. The van der Waals surface area contributed by atoms with Gasteiger partial charge in [0, 0.05) is 30.4 Å². The van der Waals surface area contributed by atoms with Crippen molar-refractivity contribution in [1.82, 2.24) is 4.90 Å². The van der Waals surface area contributed by atoms with Crippen molar-refractivity contribution in [3.8, 4) is 0 Å². The number of nitrogens with zero attached hydrogens (tertiary/aromatic N) is 2. The molecule has 0 spiro atoms. The van der Waals surface area contributed by atoms with Crippen LogP contribution in [0.25, 0.3) is 0 Å². The average Bonchev–Trinajstić information content (AvgIpc) is 3.15. The Morgan fingerprint density at radius 3 is 2.35 bits per heavy atom. The summed E-state index contributed by atoms with van der Waals surface area (Å²) in [5.41, 5.74) is 0.791.